The molecule has 0 spiro atoms. The summed E-state index contributed by atoms with van der Waals surface area (Å²) in [5.74, 6) is -0.588. The van der Waals surface area contributed by atoms with Crippen LogP contribution >= 0.6 is 24.0 Å². The number of amides is 2. The summed E-state index contributed by atoms with van der Waals surface area (Å²) in [6.07, 6.45) is 0. The second kappa shape index (κ2) is 7.08. The summed E-state index contributed by atoms with van der Waals surface area (Å²) < 4.78 is 0. The number of hydrogen-bond donors (Lipinski definition) is 2. The maximum atomic E-state index is 11.7. The van der Waals surface area contributed by atoms with Crippen molar-refractivity contribution >= 4 is 41.5 Å². The SMILES string of the molecule is CN(C)C(=O)CNC(=O)c1ccc(N)cc1Cl.Cl. The van der Waals surface area contributed by atoms with Crippen LogP contribution < -0.4 is 11.1 Å². The lowest BCUT2D eigenvalue weighted by atomic mass is 10.2. The van der Waals surface area contributed by atoms with E-state index in [-0.39, 0.29) is 29.9 Å². The van der Waals surface area contributed by atoms with Gasteiger partial charge in [-0.25, -0.2) is 0 Å². The molecular weight excluding hydrogens is 277 g/mol. The standard InChI is InChI=1S/C11H14ClN3O2.ClH/c1-15(2)10(16)6-14-11(17)8-4-3-7(13)5-9(8)12;/h3-5H,6,13H2,1-2H3,(H,14,17);1H. The molecule has 1 aromatic rings. The number of anilines is 1. The minimum absolute atomic E-state index is 0. The van der Waals surface area contributed by atoms with Crippen LogP contribution in [0.15, 0.2) is 18.2 Å². The van der Waals surface area contributed by atoms with Crippen LogP contribution in [0.4, 0.5) is 5.69 Å². The van der Waals surface area contributed by atoms with Crippen molar-refractivity contribution in [2.75, 3.05) is 26.4 Å². The molecule has 0 aromatic heterocycles. The summed E-state index contributed by atoms with van der Waals surface area (Å²) in [7, 11) is 3.23. The smallest absolute Gasteiger partial charge is 0.253 e. The first-order valence-electron chi connectivity index (χ1n) is 4.95. The molecule has 0 atom stereocenters. The van der Waals surface area contributed by atoms with E-state index in [0.717, 1.165) is 0 Å². The van der Waals surface area contributed by atoms with E-state index in [1.165, 1.54) is 17.0 Å². The molecule has 1 aromatic carbocycles. The molecule has 7 heteroatoms. The lowest BCUT2D eigenvalue weighted by Crippen LogP contribution is -2.36. The number of carbonyl (C=O) groups is 2. The Morgan fingerprint density at radius 2 is 2.00 bits per heavy atom. The van der Waals surface area contributed by atoms with E-state index in [1.54, 1.807) is 20.2 Å². The fourth-order valence-electron chi connectivity index (χ4n) is 1.12. The van der Waals surface area contributed by atoms with Crippen molar-refractivity contribution in [1.29, 1.82) is 0 Å². The van der Waals surface area contributed by atoms with E-state index < -0.39 is 5.91 Å². The summed E-state index contributed by atoms with van der Waals surface area (Å²) in [5.41, 5.74) is 6.29. The van der Waals surface area contributed by atoms with Crippen molar-refractivity contribution in [3.05, 3.63) is 28.8 Å². The van der Waals surface area contributed by atoms with Crippen molar-refractivity contribution in [2.24, 2.45) is 0 Å². The predicted molar refractivity (Wildman–Crippen MR) is 74.1 cm³/mol. The lowest BCUT2D eigenvalue weighted by Gasteiger charge is -2.11. The van der Waals surface area contributed by atoms with Crippen molar-refractivity contribution < 1.29 is 9.59 Å². The molecule has 0 heterocycles. The van der Waals surface area contributed by atoms with Gasteiger partial charge in [0.15, 0.2) is 0 Å². The minimum Gasteiger partial charge on any atom is -0.399 e. The Morgan fingerprint density at radius 1 is 1.39 bits per heavy atom. The predicted octanol–water partition coefficient (Wildman–Crippen LogP) is 1.16. The third-order valence-corrected chi connectivity index (χ3v) is 2.45. The summed E-state index contributed by atoms with van der Waals surface area (Å²) >= 11 is 5.87. The fraction of sp³-hybridized carbons (Fsp3) is 0.273. The van der Waals surface area contributed by atoms with E-state index >= 15 is 0 Å². The molecule has 0 saturated carbocycles. The molecular formula is C11H15Cl2N3O2. The molecule has 2 amide bonds. The maximum absolute atomic E-state index is 11.7. The normalized spacial score (nSPS) is 9.28. The minimum atomic E-state index is -0.398. The second-order valence-corrected chi connectivity index (χ2v) is 4.12. The van der Waals surface area contributed by atoms with Gasteiger partial charge in [-0.05, 0) is 18.2 Å². The van der Waals surface area contributed by atoms with Crippen LogP contribution in [-0.2, 0) is 4.79 Å². The zero-order chi connectivity index (χ0) is 13.0. The molecule has 3 N–H and O–H groups in total. The van der Waals surface area contributed by atoms with Gasteiger partial charge >= 0.3 is 0 Å². The van der Waals surface area contributed by atoms with Gasteiger partial charge < -0.3 is 16.0 Å². The average molecular weight is 292 g/mol. The van der Waals surface area contributed by atoms with Crippen LogP contribution in [0.1, 0.15) is 10.4 Å². The molecule has 100 valence electrons. The highest BCUT2D eigenvalue weighted by atomic mass is 35.5. The molecule has 0 aliphatic heterocycles. The van der Waals surface area contributed by atoms with Crippen LogP contribution in [0.2, 0.25) is 5.02 Å². The number of hydrogen-bond acceptors (Lipinski definition) is 3. The van der Waals surface area contributed by atoms with Crippen LogP contribution in [-0.4, -0.2) is 37.4 Å². The average Bonchev–Trinajstić information content (AvgIpc) is 2.25. The van der Waals surface area contributed by atoms with Gasteiger partial charge in [0.1, 0.15) is 0 Å². The van der Waals surface area contributed by atoms with Gasteiger partial charge in [-0.3, -0.25) is 9.59 Å². The summed E-state index contributed by atoms with van der Waals surface area (Å²) in [6, 6.07) is 4.59. The second-order valence-electron chi connectivity index (χ2n) is 3.71. The third-order valence-electron chi connectivity index (χ3n) is 2.14. The van der Waals surface area contributed by atoms with Crippen LogP contribution in [0.25, 0.3) is 0 Å². The van der Waals surface area contributed by atoms with Gasteiger partial charge in [0.25, 0.3) is 5.91 Å². The summed E-state index contributed by atoms with van der Waals surface area (Å²) in [5, 5.41) is 2.75. The van der Waals surface area contributed by atoms with Gasteiger partial charge in [-0.2, -0.15) is 0 Å². The Morgan fingerprint density at radius 3 is 2.50 bits per heavy atom. The van der Waals surface area contributed by atoms with Gasteiger partial charge in [0.05, 0.1) is 17.1 Å². The van der Waals surface area contributed by atoms with E-state index in [4.69, 9.17) is 17.3 Å². The van der Waals surface area contributed by atoms with Gasteiger partial charge in [0.2, 0.25) is 5.91 Å². The molecule has 0 saturated heterocycles. The fourth-order valence-corrected chi connectivity index (χ4v) is 1.40. The number of benzene rings is 1. The molecule has 0 bridgehead atoms. The zero-order valence-corrected chi connectivity index (χ0v) is 11.6. The molecule has 0 radical (unpaired) electrons. The van der Waals surface area contributed by atoms with Gasteiger partial charge in [-0.15, -0.1) is 12.4 Å². The Labute approximate surface area is 117 Å². The molecule has 0 unspecified atom stereocenters. The number of rotatable bonds is 3. The first-order valence-corrected chi connectivity index (χ1v) is 5.33. The first-order chi connectivity index (χ1) is 7.91. The highest BCUT2D eigenvalue weighted by molar-refractivity contribution is 6.34. The van der Waals surface area contributed by atoms with Crippen LogP contribution in [0, 0.1) is 0 Å². The summed E-state index contributed by atoms with van der Waals surface area (Å²) in [4.78, 5) is 24.4. The van der Waals surface area contributed by atoms with E-state index in [0.29, 0.717) is 11.3 Å². The number of nitrogens with one attached hydrogen (secondary N) is 1. The number of carbonyl (C=O) groups excluding carboxylic acids is 2. The Balaban J connectivity index is 0.00000289. The quantitative estimate of drug-likeness (QED) is 0.821. The monoisotopic (exact) mass is 291 g/mol. The summed E-state index contributed by atoms with van der Waals surface area (Å²) in [6.45, 7) is -0.0630. The van der Waals surface area contributed by atoms with Crippen molar-refractivity contribution in [1.82, 2.24) is 10.2 Å². The largest absolute Gasteiger partial charge is 0.399 e. The topological polar surface area (TPSA) is 75.4 Å². The Kier molecular flexibility index (Phi) is 6.51. The van der Waals surface area contributed by atoms with Crippen molar-refractivity contribution in [3.63, 3.8) is 0 Å². The molecule has 0 aliphatic carbocycles. The van der Waals surface area contributed by atoms with E-state index in [1.807, 2.05) is 0 Å². The van der Waals surface area contributed by atoms with Crippen LogP contribution in [0.3, 0.4) is 0 Å². The Bertz CT molecular complexity index is 450. The number of nitrogens with two attached hydrogens (primary N) is 1. The first kappa shape index (κ1) is 16.5. The van der Waals surface area contributed by atoms with Gasteiger partial charge in [-0.1, -0.05) is 11.6 Å². The highest BCUT2D eigenvalue weighted by Gasteiger charge is 2.12. The number of nitrogens with zero attached hydrogens (tertiary/aromatic N) is 1. The number of halogens is 2. The molecule has 0 fully saturated rings. The highest BCUT2D eigenvalue weighted by Crippen LogP contribution is 2.18. The van der Waals surface area contributed by atoms with E-state index in [2.05, 4.69) is 5.32 Å². The third kappa shape index (κ3) is 4.43. The van der Waals surface area contributed by atoms with Crippen LogP contribution in [0.5, 0.6) is 0 Å². The maximum Gasteiger partial charge on any atom is 0.253 e. The van der Waals surface area contributed by atoms with E-state index in [9.17, 15) is 9.59 Å². The lowest BCUT2D eigenvalue weighted by molar-refractivity contribution is -0.127. The van der Waals surface area contributed by atoms with Gasteiger partial charge in [0, 0.05) is 19.8 Å². The zero-order valence-electron chi connectivity index (χ0n) is 10.1. The molecule has 0 aliphatic rings. The van der Waals surface area contributed by atoms with Crippen molar-refractivity contribution in [3.8, 4) is 0 Å². The Hall–Kier alpha value is -1.46. The number of nitrogen functional groups attached to an aromatic ring is 1. The molecule has 1 rings (SSSR count). The number of likely N-dealkylation sites (N-methyl/N-ethyl adjacent to an activating group) is 1. The van der Waals surface area contributed by atoms with Crippen molar-refractivity contribution in [2.45, 2.75) is 0 Å². The molecule has 18 heavy (non-hydrogen) atoms. The molecule has 5 nitrogen and oxygen atoms in total.